The van der Waals surface area contributed by atoms with Crippen molar-refractivity contribution in [3.05, 3.63) is 24.3 Å². The van der Waals surface area contributed by atoms with Crippen molar-refractivity contribution in [3.8, 4) is 0 Å². The molecule has 1 rings (SSSR count). The number of benzene rings is 1. The Morgan fingerprint density at radius 2 is 1.31 bits per heavy atom. The summed E-state index contributed by atoms with van der Waals surface area (Å²) in [7, 11) is 0. The molecule has 1 aromatic carbocycles. The van der Waals surface area contributed by atoms with Gasteiger partial charge < -0.3 is 10.2 Å². The first kappa shape index (κ1) is 17.3. The van der Waals surface area contributed by atoms with Crippen molar-refractivity contribution in [3.63, 3.8) is 0 Å². The molecular weight excluding hydrogens is 399 g/mol. The molecule has 5 nitrogen and oxygen atoms in total. The van der Waals surface area contributed by atoms with Gasteiger partial charge in [-0.3, -0.25) is 9.59 Å². The Labute approximate surface area is 110 Å². The fourth-order valence-electron chi connectivity index (χ4n) is 0.518. The van der Waals surface area contributed by atoms with Crippen LogP contribution in [0.25, 0.3) is 0 Å². The molecule has 0 aliphatic carbocycles. The Kier molecular flexibility index (Phi) is 11.3. The van der Waals surface area contributed by atoms with Crippen LogP contribution < -0.4 is 8.81 Å². The third-order valence-corrected chi connectivity index (χ3v) is 2.81. The molecule has 0 saturated carbocycles. The molecule has 0 bridgehead atoms. The SMILES string of the molecule is CC(=O)O.CC(=O)O.Nc1cc[c]([Hg])cc1. The summed E-state index contributed by atoms with van der Waals surface area (Å²) < 4.78 is 1.44. The van der Waals surface area contributed by atoms with Crippen LogP contribution in [0.4, 0.5) is 5.69 Å². The van der Waals surface area contributed by atoms with Crippen molar-refractivity contribution in [2.75, 3.05) is 5.73 Å². The standard InChI is InChI=1S/C6H6N.2C2H4O2.Hg/c7-6-4-2-1-3-5-6;2*1-2(3)4;/h2-5H,7H2;2*1H3,(H,3,4);. The molecule has 0 aromatic heterocycles. The van der Waals surface area contributed by atoms with Gasteiger partial charge in [-0.2, -0.15) is 0 Å². The van der Waals surface area contributed by atoms with Crippen LogP contribution >= 0.6 is 0 Å². The van der Waals surface area contributed by atoms with Crippen molar-refractivity contribution in [1.29, 1.82) is 0 Å². The van der Waals surface area contributed by atoms with Crippen molar-refractivity contribution in [2.45, 2.75) is 13.8 Å². The summed E-state index contributed by atoms with van der Waals surface area (Å²) in [5.74, 6) is -1.67. The first-order valence-corrected chi connectivity index (χ1v) is 7.07. The van der Waals surface area contributed by atoms with Crippen molar-refractivity contribution < 1.29 is 45.9 Å². The van der Waals surface area contributed by atoms with Crippen LogP contribution in [0.15, 0.2) is 24.3 Å². The van der Waals surface area contributed by atoms with Crippen LogP contribution in [-0.4, -0.2) is 22.2 Å². The van der Waals surface area contributed by atoms with Gasteiger partial charge in [0.1, 0.15) is 0 Å². The van der Waals surface area contributed by atoms with Gasteiger partial charge in [0, 0.05) is 13.8 Å². The van der Waals surface area contributed by atoms with Gasteiger partial charge in [-0.1, -0.05) is 0 Å². The summed E-state index contributed by atoms with van der Waals surface area (Å²) in [6.45, 7) is 2.17. The predicted molar refractivity (Wildman–Crippen MR) is 57.1 cm³/mol. The van der Waals surface area contributed by atoms with E-state index in [2.05, 4.69) is 12.1 Å². The van der Waals surface area contributed by atoms with E-state index in [1.165, 1.54) is 3.07 Å². The van der Waals surface area contributed by atoms with Crippen LogP contribution in [-0.2, 0) is 35.7 Å². The molecule has 0 aliphatic heterocycles. The fourth-order valence-corrected chi connectivity index (χ4v) is 1.43. The topological polar surface area (TPSA) is 101 Å². The van der Waals surface area contributed by atoms with E-state index in [-0.39, 0.29) is 0 Å². The van der Waals surface area contributed by atoms with E-state index in [4.69, 9.17) is 25.5 Å². The minimum absolute atomic E-state index is 0.746. The van der Waals surface area contributed by atoms with Gasteiger partial charge in [-0.25, -0.2) is 0 Å². The summed E-state index contributed by atoms with van der Waals surface area (Å²) in [4.78, 5) is 18.0. The second kappa shape index (κ2) is 10.4. The van der Waals surface area contributed by atoms with Crippen molar-refractivity contribution in [1.82, 2.24) is 0 Å². The molecule has 0 saturated heterocycles. The quantitative estimate of drug-likeness (QED) is 0.428. The van der Waals surface area contributed by atoms with Crippen LogP contribution in [0.3, 0.4) is 0 Å². The van der Waals surface area contributed by atoms with Crippen LogP contribution in [0.1, 0.15) is 13.8 Å². The number of anilines is 1. The van der Waals surface area contributed by atoms with E-state index >= 15 is 0 Å². The number of rotatable bonds is 0. The van der Waals surface area contributed by atoms with Crippen molar-refractivity contribution >= 4 is 20.7 Å². The second-order valence-corrected chi connectivity index (χ2v) is 5.95. The van der Waals surface area contributed by atoms with Gasteiger partial charge in [0.25, 0.3) is 11.9 Å². The average molecular weight is 413 g/mol. The van der Waals surface area contributed by atoms with E-state index in [9.17, 15) is 0 Å². The predicted octanol–water partition coefficient (Wildman–Crippen LogP) is 0.623. The van der Waals surface area contributed by atoms with Gasteiger partial charge in [0.15, 0.2) is 0 Å². The van der Waals surface area contributed by atoms with E-state index in [0.29, 0.717) is 0 Å². The molecular formula is C10H14HgNO4. The Morgan fingerprint density at radius 3 is 1.50 bits per heavy atom. The Balaban J connectivity index is 0. The zero-order valence-corrected chi connectivity index (χ0v) is 14.8. The summed E-state index contributed by atoms with van der Waals surface area (Å²) in [6.07, 6.45) is 0. The first-order chi connectivity index (χ1) is 7.25. The maximum absolute atomic E-state index is 9.00. The Bertz CT molecular complexity index is 283. The minimum atomic E-state index is -0.833. The number of carboxylic acid groups (broad SMARTS) is 2. The molecule has 85 valence electrons. The normalized spacial score (nSPS) is 7.75. The molecule has 0 spiro atoms. The van der Waals surface area contributed by atoms with E-state index in [0.717, 1.165) is 45.7 Å². The molecule has 0 amide bonds. The Hall–Kier alpha value is -1.10. The van der Waals surface area contributed by atoms with Gasteiger partial charge in [-0.05, 0) is 0 Å². The third kappa shape index (κ3) is 23.1. The molecule has 0 unspecified atom stereocenters. The first-order valence-electron chi connectivity index (χ1n) is 4.32. The molecule has 0 fully saturated rings. The number of nitrogens with two attached hydrogens (primary N) is 1. The Morgan fingerprint density at radius 1 is 1.06 bits per heavy atom. The summed E-state index contributed by atoms with van der Waals surface area (Å²) in [6, 6.07) is 8.06. The monoisotopic (exact) mass is 414 g/mol. The summed E-state index contributed by atoms with van der Waals surface area (Å²) >= 11 is 0.746. The molecule has 0 heterocycles. The molecule has 0 radical (unpaired) electrons. The number of carbonyl (C=O) groups is 2. The average Bonchev–Trinajstić information content (AvgIpc) is 2.08. The van der Waals surface area contributed by atoms with Gasteiger partial charge in [-0.15, -0.1) is 0 Å². The zero-order valence-electron chi connectivity index (χ0n) is 9.30. The van der Waals surface area contributed by atoms with Gasteiger partial charge >= 0.3 is 64.9 Å². The van der Waals surface area contributed by atoms with Crippen LogP contribution in [0, 0.1) is 0 Å². The number of hydrogen-bond acceptors (Lipinski definition) is 3. The molecule has 0 atom stereocenters. The molecule has 6 heteroatoms. The molecule has 4 N–H and O–H groups in total. The van der Waals surface area contributed by atoms with Crippen LogP contribution in [0.5, 0.6) is 0 Å². The van der Waals surface area contributed by atoms with E-state index in [1.54, 1.807) is 0 Å². The number of aliphatic carboxylic acids is 2. The van der Waals surface area contributed by atoms with E-state index in [1.807, 2.05) is 12.1 Å². The third-order valence-electron chi connectivity index (χ3n) is 0.980. The summed E-state index contributed by atoms with van der Waals surface area (Å²) in [5, 5.41) is 14.8. The fraction of sp³-hybridized carbons (Fsp3) is 0.200. The zero-order chi connectivity index (χ0) is 13.1. The maximum atomic E-state index is 9.00. The van der Waals surface area contributed by atoms with Gasteiger partial charge in [0.2, 0.25) is 0 Å². The van der Waals surface area contributed by atoms with Crippen LogP contribution in [0.2, 0.25) is 0 Å². The van der Waals surface area contributed by atoms with E-state index < -0.39 is 11.9 Å². The molecule has 16 heavy (non-hydrogen) atoms. The number of carboxylic acids is 2. The number of hydrogen-bond donors (Lipinski definition) is 3. The molecule has 1 aromatic rings. The second-order valence-electron chi connectivity index (χ2n) is 2.78. The van der Waals surface area contributed by atoms with Gasteiger partial charge in [0.05, 0.1) is 0 Å². The number of nitrogen functional groups attached to an aromatic ring is 1. The van der Waals surface area contributed by atoms with Crippen molar-refractivity contribution in [2.24, 2.45) is 0 Å². The summed E-state index contributed by atoms with van der Waals surface area (Å²) in [5.41, 5.74) is 6.31. The molecule has 0 aliphatic rings.